The Kier molecular flexibility index (Phi) is 6.86. The molecule has 0 aromatic rings. The van der Waals surface area contributed by atoms with Crippen LogP contribution in [-0.4, -0.2) is 17.4 Å². The maximum atomic E-state index is 4.10. The summed E-state index contributed by atoms with van der Waals surface area (Å²) in [5.41, 5.74) is 0.439. The van der Waals surface area contributed by atoms with Crippen LogP contribution in [0.2, 0.25) is 0 Å². The highest BCUT2D eigenvalue weighted by molar-refractivity contribution is 5.75. The van der Waals surface area contributed by atoms with E-state index >= 15 is 0 Å². The predicted molar refractivity (Wildman–Crippen MR) is 53.1 cm³/mol. The van der Waals surface area contributed by atoms with Gasteiger partial charge in [-0.1, -0.05) is 40.5 Å². The molecule has 1 atom stereocenters. The highest BCUT2D eigenvalue weighted by atomic mass is 27.0. The van der Waals surface area contributed by atoms with Gasteiger partial charge in [0.1, 0.15) is 0 Å². The van der Waals surface area contributed by atoms with E-state index in [9.17, 15) is 0 Å². The summed E-state index contributed by atoms with van der Waals surface area (Å²) in [6.07, 6.45) is 2.43. The topological polar surface area (TPSA) is 0 Å². The maximum absolute atomic E-state index is 4.10. The largest absolute Gasteiger partial charge is 0.187 e. The normalized spacial score (nSPS) is 14.1. The molecule has 1 heteroatoms. The van der Waals surface area contributed by atoms with Gasteiger partial charge in [-0.25, -0.2) is 0 Å². The fourth-order valence-corrected chi connectivity index (χ4v) is 0.841. The molecule has 0 aromatic heterocycles. The third kappa shape index (κ3) is 3.64. The number of hydrogen-bond acceptors (Lipinski definition) is 0. The molecule has 0 nitrogen and oxygen atoms in total. The third-order valence-corrected chi connectivity index (χ3v) is 2.51. The molecular weight excluding hydrogens is 135 g/mol. The maximum Gasteiger partial charge on any atom is 0.187 e. The first kappa shape index (κ1) is 13.1. The lowest BCUT2D eigenvalue weighted by molar-refractivity contribution is 0.240. The van der Waals surface area contributed by atoms with Crippen LogP contribution in [0, 0.1) is 18.3 Å². The second kappa shape index (κ2) is 5.22. The van der Waals surface area contributed by atoms with Crippen LogP contribution in [0.4, 0.5) is 0 Å². The van der Waals surface area contributed by atoms with Crippen molar-refractivity contribution in [3.05, 3.63) is 6.92 Å². The van der Waals surface area contributed by atoms with E-state index in [1.54, 1.807) is 0 Å². The van der Waals surface area contributed by atoms with Crippen molar-refractivity contribution in [2.75, 3.05) is 0 Å². The van der Waals surface area contributed by atoms with Gasteiger partial charge in [-0.2, -0.15) is 0 Å². The summed E-state index contributed by atoms with van der Waals surface area (Å²) in [5.74, 6) is 0.613. The van der Waals surface area contributed by atoms with Gasteiger partial charge in [0.15, 0.2) is 17.4 Å². The fraction of sp³-hybridized carbons (Fsp3) is 0.889. The van der Waals surface area contributed by atoms with Gasteiger partial charge in [0.05, 0.1) is 0 Å². The van der Waals surface area contributed by atoms with Crippen molar-refractivity contribution >= 4 is 17.4 Å². The molecular formula is C9H22Al. The van der Waals surface area contributed by atoms with Gasteiger partial charge in [-0.15, -0.1) is 0 Å². The van der Waals surface area contributed by atoms with Crippen LogP contribution in [0.15, 0.2) is 0 Å². The summed E-state index contributed by atoms with van der Waals surface area (Å²) in [4.78, 5) is 0. The van der Waals surface area contributed by atoms with Crippen LogP contribution in [0.5, 0.6) is 0 Å². The third-order valence-electron chi connectivity index (χ3n) is 2.51. The zero-order valence-electron chi connectivity index (χ0n) is 7.20. The van der Waals surface area contributed by atoms with Crippen LogP contribution in [0.25, 0.3) is 0 Å². The summed E-state index contributed by atoms with van der Waals surface area (Å²) in [6, 6.07) is 0. The Morgan fingerprint density at radius 2 is 1.70 bits per heavy atom. The standard InChI is InChI=1S/C9H19.Al.3H/c1-6-8(3)9(4,5)7-2;;;;/h8H,3,6-7H2,1-2,4-5H3;;;;. The van der Waals surface area contributed by atoms with E-state index in [2.05, 4.69) is 34.6 Å². The minimum Gasteiger partial charge on any atom is -0.0651 e. The molecule has 0 fully saturated rings. The minimum absolute atomic E-state index is 0. The highest BCUT2D eigenvalue weighted by Crippen LogP contribution is 2.31. The Hall–Kier alpha value is 0.532. The van der Waals surface area contributed by atoms with Gasteiger partial charge in [-0.3, -0.25) is 0 Å². The van der Waals surface area contributed by atoms with Gasteiger partial charge >= 0.3 is 0 Å². The Morgan fingerprint density at radius 1 is 1.30 bits per heavy atom. The van der Waals surface area contributed by atoms with Crippen molar-refractivity contribution in [3.8, 4) is 0 Å². The summed E-state index contributed by atoms with van der Waals surface area (Å²) >= 11 is 0. The van der Waals surface area contributed by atoms with Crippen LogP contribution >= 0.6 is 0 Å². The second-order valence-electron chi connectivity index (χ2n) is 3.45. The van der Waals surface area contributed by atoms with Gasteiger partial charge < -0.3 is 0 Å². The Labute approximate surface area is 76.5 Å². The first-order valence-corrected chi connectivity index (χ1v) is 3.87. The van der Waals surface area contributed by atoms with Crippen molar-refractivity contribution < 1.29 is 0 Å². The van der Waals surface area contributed by atoms with E-state index in [0.29, 0.717) is 11.3 Å². The van der Waals surface area contributed by atoms with Gasteiger partial charge in [0.25, 0.3) is 0 Å². The molecule has 0 aromatic carbocycles. The van der Waals surface area contributed by atoms with Gasteiger partial charge in [0.2, 0.25) is 0 Å². The van der Waals surface area contributed by atoms with E-state index in [1.807, 2.05) is 0 Å². The zero-order valence-corrected chi connectivity index (χ0v) is 7.20. The molecule has 0 spiro atoms. The number of rotatable bonds is 3. The first-order valence-electron chi connectivity index (χ1n) is 3.87. The molecule has 0 saturated heterocycles. The fourth-order valence-electron chi connectivity index (χ4n) is 0.841. The summed E-state index contributed by atoms with van der Waals surface area (Å²) in [7, 11) is 0. The van der Waals surface area contributed by atoms with Gasteiger partial charge in [0, 0.05) is 0 Å². The molecule has 0 saturated carbocycles. The van der Waals surface area contributed by atoms with E-state index < -0.39 is 0 Å². The van der Waals surface area contributed by atoms with Crippen molar-refractivity contribution in [2.24, 2.45) is 11.3 Å². The molecule has 61 valence electrons. The lowest BCUT2D eigenvalue weighted by atomic mass is 9.77. The first-order chi connectivity index (χ1) is 4.04. The monoisotopic (exact) mass is 157 g/mol. The van der Waals surface area contributed by atoms with Crippen molar-refractivity contribution in [1.82, 2.24) is 0 Å². The molecule has 0 bridgehead atoms. The van der Waals surface area contributed by atoms with Crippen LogP contribution in [0.3, 0.4) is 0 Å². The number of hydrogen-bond donors (Lipinski definition) is 0. The molecule has 0 N–H and O–H groups in total. The highest BCUT2D eigenvalue weighted by Gasteiger charge is 2.21. The zero-order chi connectivity index (χ0) is 7.49. The van der Waals surface area contributed by atoms with E-state index in [1.165, 1.54) is 12.8 Å². The molecule has 0 aliphatic rings. The van der Waals surface area contributed by atoms with Crippen molar-refractivity contribution in [2.45, 2.75) is 40.5 Å². The molecule has 1 unspecified atom stereocenters. The average Bonchev–Trinajstić information content (AvgIpc) is 1.86. The molecule has 0 rings (SSSR count). The summed E-state index contributed by atoms with van der Waals surface area (Å²) in [5, 5.41) is 0. The van der Waals surface area contributed by atoms with E-state index in [-0.39, 0.29) is 17.4 Å². The smallest absolute Gasteiger partial charge is 0.0651 e. The molecule has 1 radical (unpaired) electrons. The molecule has 0 heterocycles. The SMILES string of the molecule is [AlH3].[CH2]C(CC)C(C)(C)CC. The Morgan fingerprint density at radius 3 is 1.80 bits per heavy atom. The van der Waals surface area contributed by atoms with Gasteiger partial charge in [-0.05, 0) is 18.3 Å². The van der Waals surface area contributed by atoms with Crippen molar-refractivity contribution in [3.63, 3.8) is 0 Å². The van der Waals surface area contributed by atoms with Crippen LogP contribution < -0.4 is 0 Å². The Bertz CT molecular complexity index is 76.8. The lowest BCUT2D eigenvalue weighted by Gasteiger charge is -2.29. The average molecular weight is 157 g/mol. The lowest BCUT2D eigenvalue weighted by Crippen LogP contribution is -2.19. The molecule has 10 heavy (non-hydrogen) atoms. The molecule has 0 aliphatic heterocycles. The van der Waals surface area contributed by atoms with Crippen LogP contribution in [-0.2, 0) is 0 Å². The van der Waals surface area contributed by atoms with E-state index in [4.69, 9.17) is 0 Å². The Balaban J connectivity index is 0. The molecule has 0 aliphatic carbocycles. The summed E-state index contributed by atoms with van der Waals surface area (Å²) < 4.78 is 0. The van der Waals surface area contributed by atoms with Crippen molar-refractivity contribution in [1.29, 1.82) is 0 Å². The quantitative estimate of drug-likeness (QED) is 0.550. The second-order valence-corrected chi connectivity index (χ2v) is 3.45. The van der Waals surface area contributed by atoms with E-state index in [0.717, 1.165) is 0 Å². The predicted octanol–water partition coefficient (Wildman–Crippen LogP) is 2.10. The minimum atomic E-state index is 0. The summed E-state index contributed by atoms with van der Waals surface area (Å²) in [6.45, 7) is 13.1. The molecule has 0 amide bonds. The van der Waals surface area contributed by atoms with Crippen LogP contribution in [0.1, 0.15) is 40.5 Å².